The summed E-state index contributed by atoms with van der Waals surface area (Å²) in [5, 5.41) is 3.68. The first-order valence-corrected chi connectivity index (χ1v) is 6.28. The summed E-state index contributed by atoms with van der Waals surface area (Å²) in [6.07, 6.45) is 1.33. The van der Waals surface area contributed by atoms with E-state index in [1.165, 1.54) is 18.3 Å². The van der Waals surface area contributed by atoms with Gasteiger partial charge in [0.2, 0.25) is 0 Å². The van der Waals surface area contributed by atoms with Crippen LogP contribution in [-0.2, 0) is 0 Å². The van der Waals surface area contributed by atoms with Crippen molar-refractivity contribution in [2.24, 2.45) is 0 Å². The molecular weight excluding hydrogens is 309 g/mol. The minimum Gasteiger partial charge on any atom is -0.382 e. The number of aromatic nitrogens is 1. The van der Waals surface area contributed by atoms with Gasteiger partial charge in [0.05, 0.1) is 21.3 Å². The lowest BCUT2D eigenvalue weighted by atomic mass is 10.2. The van der Waals surface area contributed by atoms with Crippen LogP contribution in [0.5, 0.6) is 0 Å². The van der Waals surface area contributed by atoms with Gasteiger partial charge in [0, 0.05) is 11.2 Å². The summed E-state index contributed by atoms with van der Waals surface area (Å²) in [5.74, 6) is -0.221. The van der Waals surface area contributed by atoms with Crippen LogP contribution in [0.4, 0.5) is 11.5 Å². The molecule has 1 heterocycles. The summed E-state index contributed by atoms with van der Waals surface area (Å²) in [4.78, 5) is 15.8. The Morgan fingerprint density at radius 1 is 1.16 bits per heavy atom. The number of anilines is 2. The summed E-state index contributed by atoms with van der Waals surface area (Å²) in [6, 6.07) is 6.20. The van der Waals surface area contributed by atoms with E-state index in [1.807, 2.05) is 0 Å². The van der Waals surface area contributed by atoms with Crippen LogP contribution >= 0.6 is 34.8 Å². The largest absolute Gasteiger partial charge is 0.382 e. The van der Waals surface area contributed by atoms with E-state index >= 15 is 0 Å². The SMILES string of the molecule is Nc1ncc(C(=O)Nc2ccc(Cl)cc2Cl)cc1Cl. The fraction of sp³-hybridized carbons (Fsp3) is 0. The van der Waals surface area contributed by atoms with Crippen LogP contribution < -0.4 is 11.1 Å². The molecule has 98 valence electrons. The predicted molar refractivity (Wildman–Crippen MR) is 78.1 cm³/mol. The van der Waals surface area contributed by atoms with Crippen molar-refractivity contribution in [3.05, 3.63) is 51.1 Å². The molecule has 2 aromatic rings. The number of nitrogens with two attached hydrogens (primary N) is 1. The maximum Gasteiger partial charge on any atom is 0.257 e. The molecule has 0 aliphatic rings. The van der Waals surface area contributed by atoms with Gasteiger partial charge >= 0.3 is 0 Å². The molecular formula is C12H8Cl3N3O. The standard InChI is InChI=1S/C12H8Cl3N3O/c13-7-1-2-10(8(14)4-7)18-12(19)6-3-9(15)11(16)17-5-6/h1-5H,(H2,16,17)(H,18,19). The minimum atomic E-state index is -0.390. The zero-order chi connectivity index (χ0) is 14.0. The van der Waals surface area contributed by atoms with Crippen LogP contribution in [0.3, 0.4) is 0 Å². The van der Waals surface area contributed by atoms with Crippen LogP contribution in [0, 0.1) is 0 Å². The van der Waals surface area contributed by atoms with Gasteiger partial charge in [0.1, 0.15) is 5.82 Å². The first kappa shape index (κ1) is 13.9. The quantitative estimate of drug-likeness (QED) is 0.883. The highest BCUT2D eigenvalue weighted by Crippen LogP contribution is 2.26. The Balaban J connectivity index is 2.23. The number of benzene rings is 1. The summed E-state index contributed by atoms with van der Waals surface area (Å²) >= 11 is 17.5. The number of hydrogen-bond acceptors (Lipinski definition) is 3. The molecule has 19 heavy (non-hydrogen) atoms. The molecule has 7 heteroatoms. The van der Waals surface area contributed by atoms with Crippen molar-refractivity contribution in [1.29, 1.82) is 0 Å². The van der Waals surface area contributed by atoms with Crippen LogP contribution in [-0.4, -0.2) is 10.9 Å². The normalized spacial score (nSPS) is 10.3. The number of hydrogen-bond donors (Lipinski definition) is 2. The Morgan fingerprint density at radius 2 is 1.89 bits per heavy atom. The Bertz CT molecular complexity index is 646. The average Bonchev–Trinajstić information content (AvgIpc) is 2.36. The van der Waals surface area contributed by atoms with Crippen LogP contribution in [0.1, 0.15) is 10.4 Å². The first-order valence-electron chi connectivity index (χ1n) is 5.15. The number of halogens is 3. The molecule has 1 aromatic carbocycles. The van der Waals surface area contributed by atoms with Crippen molar-refractivity contribution < 1.29 is 4.79 Å². The van der Waals surface area contributed by atoms with E-state index in [0.717, 1.165) is 0 Å². The van der Waals surface area contributed by atoms with Gasteiger partial charge in [0.15, 0.2) is 0 Å². The molecule has 0 aliphatic heterocycles. The summed E-state index contributed by atoms with van der Waals surface area (Å²) < 4.78 is 0. The van der Waals surface area contributed by atoms with Crippen LogP contribution in [0.25, 0.3) is 0 Å². The van der Waals surface area contributed by atoms with Crippen molar-refractivity contribution >= 4 is 52.2 Å². The molecule has 0 saturated heterocycles. The smallest absolute Gasteiger partial charge is 0.257 e. The highest BCUT2D eigenvalue weighted by atomic mass is 35.5. The maximum absolute atomic E-state index is 12.0. The fourth-order valence-corrected chi connectivity index (χ4v) is 1.98. The zero-order valence-corrected chi connectivity index (χ0v) is 11.7. The molecule has 4 nitrogen and oxygen atoms in total. The topological polar surface area (TPSA) is 68.0 Å². The Labute approximate surface area is 124 Å². The van der Waals surface area contributed by atoms with Crippen molar-refractivity contribution in [2.75, 3.05) is 11.1 Å². The van der Waals surface area contributed by atoms with Gasteiger partial charge in [-0.05, 0) is 24.3 Å². The van der Waals surface area contributed by atoms with Gasteiger partial charge in [-0.2, -0.15) is 0 Å². The molecule has 0 spiro atoms. The summed E-state index contributed by atoms with van der Waals surface area (Å²) in [6.45, 7) is 0. The van der Waals surface area contributed by atoms with E-state index in [1.54, 1.807) is 12.1 Å². The van der Waals surface area contributed by atoms with E-state index in [0.29, 0.717) is 15.7 Å². The van der Waals surface area contributed by atoms with Crippen molar-refractivity contribution in [2.45, 2.75) is 0 Å². The van der Waals surface area contributed by atoms with E-state index < -0.39 is 5.91 Å². The predicted octanol–water partition coefficient (Wildman–Crippen LogP) is 3.88. The average molecular weight is 317 g/mol. The molecule has 0 fully saturated rings. The third-order valence-electron chi connectivity index (χ3n) is 2.31. The summed E-state index contributed by atoms with van der Waals surface area (Å²) in [5.41, 5.74) is 6.20. The molecule has 2 rings (SSSR count). The van der Waals surface area contributed by atoms with Crippen molar-refractivity contribution in [1.82, 2.24) is 4.98 Å². The molecule has 1 amide bonds. The second-order valence-corrected chi connectivity index (χ2v) is 4.92. The molecule has 0 atom stereocenters. The van der Waals surface area contributed by atoms with E-state index in [-0.39, 0.29) is 16.4 Å². The lowest BCUT2D eigenvalue weighted by Gasteiger charge is -2.08. The minimum absolute atomic E-state index is 0.169. The zero-order valence-electron chi connectivity index (χ0n) is 9.45. The Kier molecular flexibility index (Phi) is 4.14. The number of carbonyl (C=O) groups is 1. The van der Waals surface area contributed by atoms with E-state index in [2.05, 4.69) is 10.3 Å². The van der Waals surface area contributed by atoms with Crippen LogP contribution in [0.2, 0.25) is 15.1 Å². The second-order valence-electron chi connectivity index (χ2n) is 3.67. The van der Waals surface area contributed by atoms with Gasteiger partial charge in [-0.25, -0.2) is 4.98 Å². The molecule has 0 unspecified atom stereocenters. The molecule has 3 N–H and O–H groups in total. The number of nitrogens with zero attached hydrogens (tertiary/aromatic N) is 1. The summed E-state index contributed by atoms with van der Waals surface area (Å²) in [7, 11) is 0. The lowest BCUT2D eigenvalue weighted by Crippen LogP contribution is -2.13. The van der Waals surface area contributed by atoms with Gasteiger partial charge in [-0.3, -0.25) is 4.79 Å². The van der Waals surface area contributed by atoms with Gasteiger partial charge in [-0.15, -0.1) is 0 Å². The lowest BCUT2D eigenvalue weighted by molar-refractivity contribution is 0.102. The van der Waals surface area contributed by atoms with Crippen LogP contribution in [0.15, 0.2) is 30.5 Å². The third kappa shape index (κ3) is 3.29. The van der Waals surface area contributed by atoms with Gasteiger partial charge in [0.25, 0.3) is 5.91 Å². The maximum atomic E-state index is 12.0. The number of rotatable bonds is 2. The Hall–Kier alpha value is -1.49. The monoisotopic (exact) mass is 315 g/mol. The fourth-order valence-electron chi connectivity index (χ4n) is 1.36. The van der Waals surface area contributed by atoms with Crippen molar-refractivity contribution in [3.8, 4) is 0 Å². The highest BCUT2D eigenvalue weighted by Gasteiger charge is 2.11. The molecule has 0 bridgehead atoms. The van der Waals surface area contributed by atoms with Crippen molar-refractivity contribution in [3.63, 3.8) is 0 Å². The number of nitrogens with one attached hydrogen (secondary N) is 1. The molecule has 0 aliphatic carbocycles. The number of nitrogen functional groups attached to an aromatic ring is 1. The third-order valence-corrected chi connectivity index (χ3v) is 3.16. The van der Waals surface area contributed by atoms with E-state index in [4.69, 9.17) is 40.5 Å². The van der Waals surface area contributed by atoms with E-state index in [9.17, 15) is 4.79 Å². The number of amides is 1. The molecule has 1 aromatic heterocycles. The second kappa shape index (κ2) is 5.65. The van der Waals surface area contributed by atoms with Gasteiger partial charge < -0.3 is 11.1 Å². The first-order chi connectivity index (χ1) is 8.97. The molecule has 0 radical (unpaired) electrons. The Morgan fingerprint density at radius 3 is 2.53 bits per heavy atom. The molecule has 0 saturated carbocycles. The number of carbonyl (C=O) groups excluding carboxylic acids is 1. The van der Waals surface area contributed by atoms with Gasteiger partial charge in [-0.1, -0.05) is 34.8 Å². The highest BCUT2D eigenvalue weighted by molar-refractivity contribution is 6.37. The number of pyridine rings is 1.